The molecule has 2 rings (SSSR count). The largest absolute Gasteiger partial charge is 0.397 e. The van der Waals surface area contributed by atoms with Gasteiger partial charge >= 0.3 is 0 Å². The van der Waals surface area contributed by atoms with Gasteiger partial charge in [-0.3, -0.25) is 0 Å². The lowest BCUT2D eigenvalue weighted by molar-refractivity contribution is 0.261. The molecule has 3 atom stereocenters. The number of rotatable bonds is 4. The van der Waals surface area contributed by atoms with Crippen LogP contribution in [0, 0.1) is 11.8 Å². The van der Waals surface area contributed by atoms with Crippen LogP contribution in [0.25, 0.3) is 0 Å². The maximum absolute atomic E-state index is 11.7. The summed E-state index contributed by atoms with van der Waals surface area (Å²) in [5, 5.41) is 3.46. The van der Waals surface area contributed by atoms with Gasteiger partial charge in [0.1, 0.15) is 0 Å². The standard InChI is InChI=1S/C15H25N3O2S/c1-10-4-5-12(8-11(10)2)18-15-7-6-13(9-14(15)16)21(19,20)17-3/h6-7,9-12,17-18H,4-5,8,16H2,1-3H3. The normalized spacial score (nSPS) is 26.5. The summed E-state index contributed by atoms with van der Waals surface area (Å²) in [4.78, 5) is 0.193. The molecule has 0 bridgehead atoms. The Labute approximate surface area is 127 Å². The van der Waals surface area contributed by atoms with Gasteiger partial charge in [-0.25, -0.2) is 13.1 Å². The molecular formula is C15H25N3O2S. The average Bonchev–Trinajstić information content (AvgIpc) is 2.45. The summed E-state index contributed by atoms with van der Waals surface area (Å²) in [7, 11) is -2.05. The summed E-state index contributed by atoms with van der Waals surface area (Å²) < 4.78 is 25.8. The topological polar surface area (TPSA) is 84.2 Å². The second-order valence-electron chi connectivity index (χ2n) is 6.07. The minimum Gasteiger partial charge on any atom is -0.397 e. The summed E-state index contributed by atoms with van der Waals surface area (Å²) in [5.41, 5.74) is 7.28. The molecule has 0 amide bonds. The fourth-order valence-electron chi connectivity index (χ4n) is 2.86. The molecule has 1 aliphatic rings. The van der Waals surface area contributed by atoms with Crippen LogP contribution in [-0.2, 0) is 10.0 Å². The van der Waals surface area contributed by atoms with Crippen LogP contribution < -0.4 is 15.8 Å². The first-order valence-corrected chi connectivity index (χ1v) is 8.91. The lowest BCUT2D eigenvalue weighted by atomic mass is 9.79. The Morgan fingerprint density at radius 2 is 1.90 bits per heavy atom. The Kier molecular flexibility index (Phi) is 4.78. The van der Waals surface area contributed by atoms with Gasteiger partial charge in [0.25, 0.3) is 0 Å². The third kappa shape index (κ3) is 3.68. The van der Waals surface area contributed by atoms with E-state index in [4.69, 9.17) is 5.73 Å². The number of nitrogens with two attached hydrogens (primary N) is 1. The number of benzene rings is 1. The van der Waals surface area contributed by atoms with E-state index in [2.05, 4.69) is 23.9 Å². The maximum Gasteiger partial charge on any atom is 0.240 e. The highest BCUT2D eigenvalue weighted by molar-refractivity contribution is 7.89. The van der Waals surface area contributed by atoms with Crippen LogP contribution in [0.3, 0.4) is 0 Å². The first-order valence-electron chi connectivity index (χ1n) is 7.43. The van der Waals surface area contributed by atoms with E-state index in [1.807, 2.05) is 0 Å². The molecule has 1 aliphatic carbocycles. The summed E-state index contributed by atoms with van der Waals surface area (Å²) in [6, 6.07) is 5.25. The monoisotopic (exact) mass is 311 g/mol. The van der Waals surface area contributed by atoms with E-state index < -0.39 is 10.0 Å². The van der Waals surface area contributed by atoms with Crippen LogP contribution in [0.2, 0.25) is 0 Å². The molecule has 1 fully saturated rings. The fourth-order valence-corrected chi connectivity index (χ4v) is 3.62. The van der Waals surface area contributed by atoms with Crippen LogP contribution in [-0.4, -0.2) is 21.5 Å². The highest BCUT2D eigenvalue weighted by Crippen LogP contribution is 2.32. The van der Waals surface area contributed by atoms with Crippen molar-refractivity contribution in [2.75, 3.05) is 18.1 Å². The number of hydrogen-bond donors (Lipinski definition) is 3. The van der Waals surface area contributed by atoms with Gasteiger partial charge in [-0.1, -0.05) is 13.8 Å². The third-order valence-corrected chi connectivity index (χ3v) is 5.97. The van der Waals surface area contributed by atoms with Crippen molar-refractivity contribution < 1.29 is 8.42 Å². The zero-order chi connectivity index (χ0) is 15.6. The molecule has 0 spiro atoms. The van der Waals surface area contributed by atoms with Crippen LogP contribution in [0.5, 0.6) is 0 Å². The number of hydrogen-bond acceptors (Lipinski definition) is 4. The predicted octanol–water partition coefficient (Wildman–Crippen LogP) is 2.41. The summed E-state index contributed by atoms with van der Waals surface area (Å²) in [6.45, 7) is 4.58. The van der Waals surface area contributed by atoms with Gasteiger partial charge in [-0.05, 0) is 56.3 Å². The second kappa shape index (κ2) is 6.23. The number of sulfonamides is 1. The van der Waals surface area contributed by atoms with Gasteiger partial charge in [0.15, 0.2) is 0 Å². The molecule has 5 nitrogen and oxygen atoms in total. The minimum absolute atomic E-state index is 0.193. The summed E-state index contributed by atoms with van der Waals surface area (Å²) >= 11 is 0. The molecule has 21 heavy (non-hydrogen) atoms. The lowest BCUT2D eigenvalue weighted by Gasteiger charge is -2.33. The van der Waals surface area contributed by atoms with Crippen molar-refractivity contribution >= 4 is 21.4 Å². The summed E-state index contributed by atoms with van der Waals surface area (Å²) in [6.07, 6.45) is 3.46. The van der Waals surface area contributed by atoms with Gasteiger partial charge in [0.05, 0.1) is 16.3 Å². The molecule has 1 aromatic rings. The summed E-state index contributed by atoms with van der Waals surface area (Å²) in [5.74, 6) is 1.46. The number of nitrogens with one attached hydrogen (secondary N) is 2. The second-order valence-corrected chi connectivity index (χ2v) is 7.95. The van der Waals surface area contributed by atoms with E-state index in [1.54, 1.807) is 12.1 Å². The van der Waals surface area contributed by atoms with Gasteiger partial charge in [-0.2, -0.15) is 0 Å². The van der Waals surface area contributed by atoms with Crippen molar-refractivity contribution in [3.8, 4) is 0 Å². The van der Waals surface area contributed by atoms with Crippen molar-refractivity contribution in [3.05, 3.63) is 18.2 Å². The molecule has 0 heterocycles. The Hall–Kier alpha value is -1.27. The van der Waals surface area contributed by atoms with Gasteiger partial charge < -0.3 is 11.1 Å². The van der Waals surface area contributed by atoms with E-state index >= 15 is 0 Å². The van der Waals surface area contributed by atoms with Gasteiger partial charge in [0.2, 0.25) is 10.0 Å². The van der Waals surface area contributed by atoms with Crippen molar-refractivity contribution in [3.63, 3.8) is 0 Å². The zero-order valence-electron chi connectivity index (χ0n) is 12.9. The van der Waals surface area contributed by atoms with Gasteiger partial charge in [0, 0.05) is 6.04 Å². The zero-order valence-corrected chi connectivity index (χ0v) is 13.7. The molecule has 3 unspecified atom stereocenters. The maximum atomic E-state index is 11.7. The molecule has 0 aromatic heterocycles. The highest BCUT2D eigenvalue weighted by Gasteiger charge is 2.24. The smallest absolute Gasteiger partial charge is 0.240 e. The molecule has 1 saturated carbocycles. The predicted molar refractivity (Wildman–Crippen MR) is 86.7 cm³/mol. The van der Waals surface area contributed by atoms with E-state index in [-0.39, 0.29) is 4.90 Å². The van der Waals surface area contributed by atoms with Crippen LogP contribution >= 0.6 is 0 Å². The Bertz CT molecular complexity index is 601. The van der Waals surface area contributed by atoms with Crippen LogP contribution in [0.4, 0.5) is 11.4 Å². The van der Waals surface area contributed by atoms with Crippen molar-refractivity contribution in [1.29, 1.82) is 0 Å². The first kappa shape index (κ1) is 16.1. The Balaban J connectivity index is 2.12. The van der Waals surface area contributed by atoms with E-state index in [0.717, 1.165) is 24.4 Å². The average molecular weight is 311 g/mol. The SMILES string of the molecule is CNS(=O)(=O)c1ccc(NC2CCC(C)C(C)C2)c(N)c1. The molecular weight excluding hydrogens is 286 g/mol. The van der Waals surface area contributed by atoms with E-state index in [9.17, 15) is 8.42 Å². The minimum atomic E-state index is -3.44. The molecule has 6 heteroatoms. The third-order valence-electron chi connectivity index (χ3n) is 4.56. The Morgan fingerprint density at radius 3 is 2.48 bits per heavy atom. The number of anilines is 2. The quantitative estimate of drug-likeness (QED) is 0.746. The molecule has 1 aromatic carbocycles. The first-order chi connectivity index (χ1) is 9.83. The molecule has 118 valence electrons. The van der Waals surface area contributed by atoms with E-state index in [1.165, 1.54) is 19.5 Å². The number of nitrogen functional groups attached to an aromatic ring is 1. The van der Waals surface area contributed by atoms with Crippen LogP contribution in [0.1, 0.15) is 33.1 Å². The molecule has 0 saturated heterocycles. The lowest BCUT2D eigenvalue weighted by Crippen LogP contribution is -2.30. The highest BCUT2D eigenvalue weighted by atomic mass is 32.2. The Morgan fingerprint density at radius 1 is 1.19 bits per heavy atom. The van der Waals surface area contributed by atoms with Crippen LogP contribution in [0.15, 0.2) is 23.1 Å². The van der Waals surface area contributed by atoms with Gasteiger partial charge in [-0.15, -0.1) is 0 Å². The molecule has 0 radical (unpaired) electrons. The van der Waals surface area contributed by atoms with Crippen molar-refractivity contribution in [2.24, 2.45) is 11.8 Å². The van der Waals surface area contributed by atoms with Crippen molar-refractivity contribution in [2.45, 2.75) is 44.0 Å². The molecule has 0 aliphatic heterocycles. The van der Waals surface area contributed by atoms with E-state index in [0.29, 0.717) is 17.6 Å². The molecule has 4 N–H and O–H groups in total. The fraction of sp³-hybridized carbons (Fsp3) is 0.600. The van der Waals surface area contributed by atoms with Crippen molar-refractivity contribution in [1.82, 2.24) is 4.72 Å².